The summed E-state index contributed by atoms with van der Waals surface area (Å²) >= 11 is 0. The number of carbonyl (C=O) groups is 3. The summed E-state index contributed by atoms with van der Waals surface area (Å²) < 4.78 is 0. The lowest BCUT2D eigenvalue weighted by Gasteiger charge is -2.24. The fourth-order valence-corrected chi connectivity index (χ4v) is 3.25. The number of nitrogens with zero attached hydrogens (tertiary/aromatic N) is 2. The molecule has 0 bridgehead atoms. The minimum atomic E-state index is -0.814. The van der Waals surface area contributed by atoms with Gasteiger partial charge in [0, 0.05) is 18.9 Å². The van der Waals surface area contributed by atoms with Gasteiger partial charge in [-0.15, -0.1) is 0 Å². The standard InChI is InChI=1S/C18H21N3O4/c22-16-9-8-15(20-21(16)11-12-4-2-1-3-5-12)17(23)19-14-7-6-13(10-14)18(24)25/h1-5,13-14H,6-11H2,(H,19,23)(H,24,25)/t13-,14+/m0/s1. The maximum Gasteiger partial charge on any atom is 0.306 e. The number of benzene rings is 1. The first kappa shape index (κ1) is 17.1. The van der Waals surface area contributed by atoms with Crippen LogP contribution in [-0.4, -0.2) is 39.7 Å². The zero-order valence-electron chi connectivity index (χ0n) is 13.9. The van der Waals surface area contributed by atoms with Crippen LogP contribution in [0.3, 0.4) is 0 Å². The van der Waals surface area contributed by atoms with E-state index in [0.717, 1.165) is 5.56 Å². The lowest BCUT2D eigenvalue weighted by Crippen LogP contribution is -2.42. The van der Waals surface area contributed by atoms with Crippen LogP contribution in [0.5, 0.6) is 0 Å². The van der Waals surface area contributed by atoms with Crippen molar-refractivity contribution in [2.24, 2.45) is 11.0 Å². The van der Waals surface area contributed by atoms with E-state index in [2.05, 4.69) is 10.4 Å². The van der Waals surface area contributed by atoms with Crippen LogP contribution in [0.25, 0.3) is 0 Å². The number of rotatable bonds is 5. The third-order valence-corrected chi connectivity index (χ3v) is 4.66. The molecule has 2 amide bonds. The van der Waals surface area contributed by atoms with Gasteiger partial charge in [0.1, 0.15) is 5.71 Å². The number of aliphatic carboxylic acids is 1. The van der Waals surface area contributed by atoms with E-state index in [1.54, 1.807) is 0 Å². The average Bonchev–Trinajstić information content (AvgIpc) is 3.06. The molecule has 0 spiro atoms. The molecule has 1 aromatic carbocycles. The Bertz CT molecular complexity index is 702. The summed E-state index contributed by atoms with van der Waals surface area (Å²) in [5.41, 5.74) is 1.27. The van der Waals surface area contributed by atoms with E-state index in [1.165, 1.54) is 5.01 Å². The number of amides is 2. The van der Waals surface area contributed by atoms with Crippen molar-refractivity contribution in [1.82, 2.24) is 10.3 Å². The zero-order valence-corrected chi connectivity index (χ0v) is 13.9. The summed E-state index contributed by atoms with van der Waals surface area (Å²) in [4.78, 5) is 35.5. The molecule has 132 valence electrons. The van der Waals surface area contributed by atoms with E-state index in [0.29, 0.717) is 37.9 Å². The van der Waals surface area contributed by atoms with Crippen molar-refractivity contribution in [1.29, 1.82) is 0 Å². The summed E-state index contributed by atoms with van der Waals surface area (Å²) in [6.07, 6.45) is 2.24. The molecular formula is C18H21N3O4. The Labute approximate surface area is 145 Å². The number of hydrogen-bond donors (Lipinski definition) is 2. The van der Waals surface area contributed by atoms with Gasteiger partial charge < -0.3 is 10.4 Å². The summed E-state index contributed by atoms with van der Waals surface area (Å²) in [6.45, 7) is 0.334. The van der Waals surface area contributed by atoms with Crippen molar-refractivity contribution in [3.63, 3.8) is 0 Å². The summed E-state index contributed by atoms with van der Waals surface area (Å²) in [5.74, 6) is -1.62. The third kappa shape index (κ3) is 4.23. The van der Waals surface area contributed by atoms with Crippen LogP contribution in [-0.2, 0) is 20.9 Å². The van der Waals surface area contributed by atoms with Crippen LogP contribution >= 0.6 is 0 Å². The lowest BCUT2D eigenvalue weighted by atomic mass is 10.1. The highest BCUT2D eigenvalue weighted by Crippen LogP contribution is 2.25. The van der Waals surface area contributed by atoms with Crippen molar-refractivity contribution < 1.29 is 19.5 Å². The minimum absolute atomic E-state index is 0.104. The van der Waals surface area contributed by atoms with E-state index in [-0.39, 0.29) is 24.3 Å². The quantitative estimate of drug-likeness (QED) is 0.847. The van der Waals surface area contributed by atoms with E-state index in [9.17, 15) is 14.4 Å². The van der Waals surface area contributed by atoms with Gasteiger partial charge >= 0.3 is 5.97 Å². The Morgan fingerprint density at radius 2 is 1.96 bits per heavy atom. The molecule has 1 saturated carbocycles. The molecule has 7 heteroatoms. The Hall–Kier alpha value is -2.70. The molecule has 7 nitrogen and oxygen atoms in total. The van der Waals surface area contributed by atoms with Crippen LogP contribution < -0.4 is 5.32 Å². The predicted octanol–water partition coefficient (Wildman–Crippen LogP) is 1.53. The van der Waals surface area contributed by atoms with Gasteiger partial charge in [0.2, 0.25) is 5.91 Å². The van der Waals surface area contributed by atoms with Crippen LogP contribution in [0.4, 0.5) is 0 Å². The molecule has 0 aromatic heterocycles. The summed E-state index contributed by atoms with van der Waals surface area (Å²) in [7, 11) is 0. The SMILES string of the molecule is O=C(N[C@@H]1CC[C@H](C(=O)O)C1)C1=NN(Cc2ccccc2)C(=O)CC1. The second kappa shape index (κ2) is 7.46. The monoisotopic (exact) mass is 343 g/mol. The largest absolute Gasteiger partial charge is 0.481 e. The predicted molar refractivity (Wildman–Crippen MR) is 90.6 cm³/mol. The Balaban J connectivity index is 1.62. The number of carboxylic acids is 1. The van der Waals surface area contributed by atoms with Gasteiger partial charge in [-0.05, 0) is 24.8 Å². The van der Waals surface area contributed by atoms with E-state index >= 15 is 0 Å². The molecule has 0 saturated heterocycles. The number of hydrogen-bond acceptors (Lipinski definition) is 4. The molecule has 1 aliphatic carbocycles. The zero-order chi connectivity index (χ0) is 17.8. The van der Waals surface area contributed by atoms with Crippen LogP contribution in [0.2, 0.25) is 0 Å². The Morgan fingerprint density at radius 3 is 2.64 bits per heavy atom. The molecule has 2 atom stereocenters. The Morgan fingerprint density at radius 1 is 1.20 bits per heavy atom. The smallest absolute Gasteiger partial charge is 0.306 e. The number of carbonyl (C=O) groups excluding carboxylic acids is 2. The van der Waals surface area contributed by atoms with Crippen LogP contribution in [0.1, 0.15) is 37.7 Å². The third-order valence-electron chi connectivity index (χ3n) is 4.66. The van der Waals surface area contributed by atoms with Gasteiger partial charge in [-0.1, -0.05) is 30.3 Å². The molecular weight excluding hydrogens is 322 g/mol. The number of nitrogens with one attached hydrogen (secondary N) is 1. The highest BCUT2D eigenvalue weighted by Gasteiger charge is 2.32. The minimum Gasteiger partial charge on any atom is -0.481 e. The van der Waals surface area contributed by atoms with Gasteiger partial charge in [0.25, 0.3) is 5.91 Å². The lowest BCUT2D eigenvalue weighted by molar-refractivity contribution is -0.141. The molecule has 0 unspecified atom stereocenters. The average molecular weight is 343 g/mol. The normalized spacial score (nSPS) is 23.3. The number of carboxylic acid groups (broad SMARTS) is 1. The molecule has 1 fully saturated rings. The fourth-order valence-electron chi connectivity index (χ4n) is 3.25. The molecule has 2 aliphatic rings. The first-order valence-electron chi connectivity index (χ1n) is 8.48. The molecule has 0 radical (unpaired) electrons. The van der Waals surface area contributed by atoms with Gasteiger partial charge in [-0.3, -0.25) is 14.4 Å². The maximum absolute atomic E-state index is 12.4. The van der Waals surface area contributed by atoms with Crippen molar-refractivity contribution in [2.45, 2.75) is 44.7 Å². The molecule has 1 heterocycles. The molecule has 1 aliphatic heterocycles. The van der Waals surface area contributed by atoms with Crippen LogP contribution in [0, 0.1) is 5.92 Å². The van der Waals surface area contributed by atoms with Crippen molar-refractivity contribution in [3.05, 3.63) is 35.9 Å². The van der Waals surface area contributed by atoms with Gasteiger partial charge in [0.05, 0.1) is 12.5 Å². The highest BCUT2D eigenvalue weighted by atomic mass is 16.4. The van der Waals surface area contributed by atoms with Crippen molar-refractivity contribution in [3.8, 4) is 0 Å². The second-order valence-electron chi connectivity index (χ2n) is 6.50. The van der Waals surface area contributed by atoms with E-state index in [1.807, 2.05) is 30.3 Å². The molecule has 2 N–H and O–H groups in total. The molecule has 25 heavy (non-hydrogen) atoms. The summed E-state index contributed by atoms with van der Waals surface area (Å²) in [5, 5.41) is 17.5. The van der Waals surface area contributed by atoms with Gasteiger partial charge in [0.15, 0.2) is 0 Å². The first-order chi connectivity index (χ1) is 12.0. The maximum atomic E-state index is 12.4. The molecule has 1 aromatic rings. The van der Waals surface area contributed by atoms with Crippen molar-refractivity contribution in [2.75, 3.05) is 0 Å². The first-order valence-corrected chi connectivity index (χ1v) is 8.48. The topological polar surface area (TPSA) is 99.1 Å². The van der Waals surface area contributed by atoms with E-state index in [4.69, 9.17) is 5.11 Å². The van der Waals surface area contributed by atoms with E-state index < -0.39 is 11.9 Å². The summed E-state index contributed by atoms with van der Waals surface area (Å²) in [6, 6.07) is 9.34. The fraction of sp³-hybridized carbons (Fsp3) is 0.444. The van der Waals surface area contributed by atoms with Gasteiger partial charge in [-0.25, -0.2) is 5.01 Å². The second-order valence-corrected chi connectivity index (χ2v) is 6.50. The van der Waals surface area contributed by atoms with Gasteiger partial charge in [-0.2, -0.15) is 5.10 Å². The van der Waals surface area contributed by atoms with Crippen molar-refractivity contribution >= 4 is 23.5 Å². The number of hydrazone groups is 1. The Kier molecular flexibility index (Phi) is 5.11. The highest BCUT2D eigenvalue weighted by molar-refractivity contribution is 6.39. The molecule has 3 rings (SSSR count). The van der Waals surface area contributed by atoms with Crippen LogP contribution in [0.15, 0.2) is 35.4 Å².